The molecule has 0 amide bonds. The molecule has 0 unspecified atom stereocenters. The molecule has 0 heterocycles. The summed E-state index contributed by atoms with van der Waals surface area (Å²) in [5, 5.41) is 20.5. The fraction of sp³-hybridized carbons (Fsp3) is 0. The van der Waals surface area contributed by atoms with Crippen molar-refractivity contribution in [2.45, 2.75) is 0 Å². The summed E-state index contributed by atoms with van der Waals surface area (Å²) < 4.78 is 0. The average molecular weight is 336 g/mol. The van der Waals surface area contributed by atoms with Crippen LogP contribution in [0.5, 0.6) is 11.5 Å². The van der Waals surface area contributed by atoms with Gasteiger partial charge >= 0.3 is 22.4 Å². The molecule has 0 spiro atoms. The molecule has 0 aliphatic rings. The number of rotatable bonds is 0. The third kappa shape index (κ3) is 12.6. The number of hydrogen-bond donors (Lipinski definition) is 0. The van der Waals surface area contributed by atoms with Gasteiger partial charge in [0.25, 0.3) is 0 Å². The van der Waals surface area contributed by atoms with Gasteiger partial charge in [-0.2, -0.15) is 0 Å². The van der Waals surface area contributed by atoms with Crippen molar-refractivity contribution < 1.29 is 46.7 Å². The molecule has 2 nitrogen and oxygen atoms in total. The SMILES string of the molecule is [F-].[F-].[F-].[Nb+5].[O-]c1ccccc1.[O-]c1ccccc1. The summed E-state index contributed by atoms with van der Waals surface area (Å²) >= 11 is 0. The summed E-state index contributed by atoms with van der Waals surface area (Å²) in [6, 6.07) is 16.7. The van der Waals surface area contributed by atoms with Crippen LogP contribution in [0.3, 0.4) is 0 Å². The van der Waals surface area contributed by atoms with E-state index in [1.54, 1.807) is 24.3 Å². The normalized spacial score (nSPS) is 6.67. The predicted molar refractivity (Wildman–Crippen MR) is 51.8 cm³/mol. The van der Waals surface area contributed by atoms with Crippen molar-refractivity contribution in [3.63, 3.8) is 0 Å². The number of para-hydroxylation sites is 2. The van der Waals surface area contributed by atoms with E-state index in [-0.39, 0.29) is 48.0 Å². The Bertz CT molecular complexity index is 323. The molecule has 0 bridgehead atoms. The van der Waals surface area contributed by atoms with Crippen LogP contribution < -0.4 is 24.3 Å². The van der Waals surface area contributed by atoms with Crippen molar-refractivity contribution in [3.05, 3.63) is 60.7 Å². The van der Waals surface area contributed by atoms with Crippen molar-refractivity contribution in [2.75, 3.05) is 0 Å². The standard InChI is InChI=1S/2C6H6O.3FH.Nb/c2*7-6-4-2-1-3-5-6;;;;/h2*1-5,7H;3*1H;/q;;;;;+5/p-5. The van der Waals surface area contributed by atoms with Crippen LogP contribution in [-0.2, 0) is 22.4 Å². The minimum atomic E-state index is 0. The molecule has 2 rings (SSSR count). The van der Waals surface area contributed by atoms with Crippen LogP contribution in [0.25, 0.3) is 0 Å². The van der Waals surface area contributed by atoms with Crippen molar-refractivity contribution in [2.24, 2.45) is 0 Å². The zero-order valence-corrected chi connectivity index (χ0v) is 11.4. The summed E-state index contributed by atoms with van der Waals surface area (Å²) in [5.74, 6) is 0.144. The van der Waals surface area contributed by atoms with E-state index in [1.807, 2.05) is 12.1 Å². The Labute approximate surface area is 119 Å². The van der Waals surface area contributed by atoms with Gasteiger partial charge in [0.2, 0.25) is 0 Å². The zero-order chi connectivity index (χ0) is 10.2. The zero-order valence-electron chi connectivity index (χ0n) is 9.17. The van der Waals surface area contributed by atoms with Crippen molar-refractivity contribution in [1.82, 2.24) is 0 Å². The van der Waals surface area contributed by atoms with Gasteiger partial charge in [0.15, 0.2) is 0 Å². The summed E-state index contributed by atoms with van der Waals surface area (Å²) in [7, 11) is 0. The molecule has 0 atom stereocenters. The van der Waals surface area contributed by atoms with E-state index in [0.29, 0.717) is 0 Å². The molecular formula is C12H10F3NbO2. The Morgan fingerprint density at radius 3 is 0.833 bits per heavy atom. The van der Waals surface area contributed by atoms with E-state index < -0.39 is 0 Å². The Balaban J connectivity index is -0.0000000891. The predicted octanol–water partition coefficient (Wildman–Crippen LogP) is -7.47. The number of halogens is 3. The van der Waals surface area contributed by atoms with Crippen LogP contribution in [0.15, 0.2) is 60.7 Å². The van der Waals surface area contributed by atoms with Crippen LogP contribution >= 0.6 is 0 Å². The smallest absolute Gasteiger partial charge is 1.00 e. The number of hydrogen-bond acceptors (Lipinski definition) is 2. The maximum absolute atomic E-state index is 10.3. The monoisotopic (exact) mass is 336 g/mol. The third-order valence-electron chi connectivity index (χ3n) is 1.49. The molecule has 0 aromatic heterocycles. The Morgan fingerprint density at radius 2 is 0.722 bits per heavy atom. The van der Waals surface area contributed by atoms with Gasteiger partial charge in [-0.1, -0.05) is 60.7 Å². The van der Waals surface area contributed by atoms with Crippen LogP contribution in [0.2, 0.25) is 0 Å². The minimum Gasteiger partial charge on any atom is -1.00 e. The van der Waals surface area contributed by atoms with Gasteiger partial charge in [-0.3, -0.25) is 0 Å². The molecule has 0 saturated carbocycles. The van der Waals surface area contributed by atoms with E-state index in [0.717, 1.165) is 0 Å². The second-order valence-electron chi connectivity index (χ2n) is 2.63. The third-order valence-corrected chi connectivity index (χ3v) is 1.49. The van der Waals surface area contributed by atoms with Crippen molar-refractivity contribution in [3.8, 4) is 11.5 Å². The molecule has 2 aromatic rings. The Kier molecular flexibility index (Phi) is 22.0. The first-order chi connectivity index (χ1) is 6.79. The fourth-order valence-electron chi connectivity index (χ4n) is 0.841. The van der Waals surface area contributed by atoms with E-state index in [4.69, 9.17) is 0 Å². The van der Waals surface area contributed by atoms with E-state index in [2.05, 4.69) is 0 Å². The summed E-state index contributed by atoms with van der Waals surface area (Å²) in [6.07, 6.45) is 0. The fourth-order valence-corrected chi connectivity index (χ4v) is 0.841. The summed E-state index contributed by atoms with van der Waals surface area (Å²) in [5.41, 5.74) is 0. The molecule has 0 N–H and O–H groups in total. The first kappa shape index (κ1) is 25.4. The first-order valence-corrected chi connectivity index (χ1v) is 4.23. The Hall–Kier alpha value is -1.43. The summed E-state index contributed by atoms with van der Waals surface area (Å²) in [4.78, 5) is 0. The minimum absolute atomic E-state index is 0. The van der Waals surface area contributed by atoms with Gasteiger partial charge in [-0.25, -0.2) is 0 Å². The van der Waals surface area contributed by atoms with Gasteiger partial charge in [0, 0.05) is 0 Å². The second kappa shape index (κ2) is 15.6. The number of benzene rings is 2. The van der Waals surface area contributed by atoms with Crippen LogP contribution in [0, 0.1) is 0 Å². The van der Waals surface area contributed by atoms with Gasteiger partial charge in [-0.15, -0.1) is 11.5 Å². The second-order valence-corrected chi connectivity index (χ2v) is 2.63. The van der Waals surface area contributed by atoms with Gasteiger partial charge < -0.3 is 24.3 Å². The van der Waals surface area contributed by atoms with E-state index in [9.17, 15) is 10.2 Å². The summed E-state index contributed by atoms with van der Waals surface area (Å²) in [6.45, 7) is 0. The molecule has 18 heavy (non-hydrogen) atoms. The molecule has 2 aromatic carbocycles. The largest absolute Gasteiger partial charge is 5.00 e. The molecular weight excluding hydrogens is 326 g/mol. The van der Waals surface area contributed by atoms with Gasteiger partial charge in [0.1, 0.15) is 0 Å². The molecule has 0 radical (unpaired) electrons. The average Bonchev–Trinajstić information content (AvgIpc) is 2.21. The van der Waals surface area contributed by atoms with Crippen LogP contribution in [0.4, 0.5) is 0 Å². The molecule has 0 aliphatic carbocycles. The van der Waals surface area contributed by atoms with Gasteiger partial charge in [-0.05, 0) is 0 Å². The van der Waals surface area contributed by atoms with Crippen molar-refractivity contribution >= 4 is 0 Å². The van der Waals surface area contributed by atoms with E-state index in [1.165, 1.54) is 24.3 Å². The Morgan fingerprint density at radius 1 is 0.500 bits per heavy atom. The van der Waals surface area contributed by atoms with Crippen molar-refractivity contribution in [1.29, 1.82) is 0 Å². The molecule has 0 aliphatic heterocycles. The molecule has 6 heteroatoms. The molecule has 0 saturated heterocycles. The van der Waals surface area contributed by atoms with Crippen LogP contribution in [-0.4, -0.2) is 0 Å². The molecule has 0 fully saturated rings. The topological polar surface area (TPSA) is 46.1 Å². The molecule has 96 valence electrons. The maximum Gasteiger partial charge on any atom is 5.00 e. The first-order valence-electron chi connectivity index (χ1n) is 4.23. The van der Waals surface area contributed by atoms with E-state index >= 15 is 0 Å². The maximum atomic E-state index is 10.3. The van der Waals surface area contributed by atoms with Crippen LogP contribution in [0.1, 0.15) is 0 Å². The van der Waals surface area contributed by atoms with Gasteiger partial charge in [0.05, 0.1) is 0 Å². The quantitative estimate of drug-likeness (QED) is 0.449.